The molecule has 3 rings (SSSR count). The molecule has 3 unspecified atom stereocenters. The first-order valence-electron chi connectivity index (χ1n) is 17.5. The smallest absolute Gasteiger partial charge is 0.181 e. The Kier molecular flexibility index (Phi) is 12.1. The third kappa shape index (κ3) is 7.39. The van der Waals surface area contributed by atoms with Gasteiger partial charge in [0.05, 0.1) is 10.8 Å². The number of aromatic hydroxyl groups is 2. The van der Waals surface area contributed by atoms with Gasteiger partial charge in [0.2, 0.25) is 0 Å². The molecule has 0 aromatic heterocycles. The number of hydrogen-bond donors (Lipinski definition) is 2. The number of allylic oxidation sites excluding steroid dienone is 9. The number of phenols is 2. The molecule has 6 nitrogen and oxygen atoms in total. The van der Waals surface area contributed by atoms with Crippen molar-refractivity contribution in [1.29, 1.82) is 0 Å². The molecule has 1 aromatic carbocycles. The molecule has 2 N–H and O–H groups in total. The standard InChI is InChI=1S/C43H58O6/c1-25(2)13-15-30(29(9)10)22-33(21-28(7)8)42-24-32(17-14-26(3)4)41(11,12)43(40(42)49,20-19-27(5)6)39(48)36(38(42)47)37(46)31-16-18-34(44)35(45)23-31/h13-14,16,18-19,21,23,30,32-33,36,44-45H,9,15,17,20,22,24H2,1-8,10-12H3/t30?,32-,33?,36?,42+,43+/m0/s1. The Morgan fingerprint density at radius 2 is 1.45 bits per heavy atom. The first-order chi connectivity index (χ1) is 22.6. The minimum atomic E-state index is -1.75. The van der Waals surface area contributed by atoms with Crippen LogP contribution in [0.3, 0.4) is 0 Å². The third-order valence-electron chi connectivity index (χ3n) is 11.2. The van der Waals surface area contributed by atoms with Gasteiger partial charge in [0.25, 0.3) is 0 Å². The van der Waals surface area contributed by atoms with Crippen molar-refractivity contribution >= 4 is 23.1 Å². The van der Waals surface area contributed by atoms with Crippen LogP contribution >= 0.6 is 0 Å². The monoisotopic (exact) mass is 670 g/mol. The number of rotatable bonds is 13. The molecular formula is C43H58O6. The number of phenolic OH excluding ortho intramolecular Hbond substituents is 2. The number of hydrogen-bond acceptors (Lipinski definition) is 6. The average molecular weight is 671 g/mol. The number of carbonyl (C=O) groups excluding carboxylic acids is 4. The summed E-state index contributed by atoms with van der Waals surface area (Å²) in [6.07, 6.45) is 10.2. The summed E-state index contributed by atoms with van der Waals surface area (Å²) in [6.45, 7) is 26.0. The summed E-state index contributed by atoms with van der Waals surface area (Å²) in [6, 6.07) is 3.58. The Morgan fingerprint density at radius 1 is 0.857 bits per heavy atom. The number of carbonyl (C=O) groups is 4. The van der Waals surface area contributed by atoms with Gasteiger partial charge in [0.1, 0.15) is 5.92 Å². The van der Waals surface area contributed by atoms with Crippen molar-refractivity contribution in [3.05, 3.63) is 82.5 Å². The van der Waals surface area contributed by atoms with Crippen LogP contribution in [-0.2, 0) is 14.4 Å². The van der Waals surface area contributed by atoms with Gasteiger partial charge in [-0.15, -0.1) is 0 Å². The lowest BCUT2D eigenvalue weighted by Crippen LogP contribution is -2.73. The largest absolute Gasteiger partial charge is 0.504 e. The van der Waals surface area contributed by atoms with E-state index in [1.807, 2.05) is 88.3 Å². The molecule has 2 saturated carbocycles. The van der Waals surface area contributed by atoms with Crippen molar-refractivity contribution in [2.24, 2.45) is 39.9 Å². The van der Waals surface area contributed by atoms with E-state index in [9.17, 15) is 15.0 Å². The predicted molar refractivity (Wildman–Crippen MR) is 197 cm³/mol. The molecule has 0 spiro atoms. The molecule has 2 aliphatic carbocycles. The lowest BCUT2D eigenvalue weighted by molar-refractivity contribution is -0.186. The van der Waals surface area contributed by atoms with Crippen LogP contribution in [0.5, 0.6) is 11.5 Å². The topological polar surface area (TPSA) is 109 Å². The van der Waals surface area contributed by atoms with Crippen LogP contribution in [0.25, 0.3) is 0 Å². The van der Waals surface area contributed by atoms with Crippen molar-refractivity contribution in [3.8, 4) is 11.5 Å². The predicted octanol–water partition coefficient (Wildman–Crippen LogP) is 9.87. The highest BCUT2D eigenvalue weighted by molar-refractivity contribution is 6.38. The van der Waals surface area contributed by atoms with Gasteiger partial charge in [0.15, 0.2) is 34.6 Å². The lowest BCUT2D eigenvalue weighted by Gasteiger charge is -2.62. The molecule has 0 aliphatic heterocycles. The van der Waals surface area contributed by atoms with Gasteiger partial charge in [-0.1, -0.05) is 72.6 Å². The van der Waals surface area contributed by atoms with Crippen LogP contribution in [0.15, 0.2) is 76.9 Å². The van der Waals surface area contributed by atoms with Gasteiger partial charge in [-0.05, 0) is 136 Å². The number of Topliss-reactive ketones (excluding diaryl/α,β-unsaturated/α-hetero) is 4. The van der Waals surface area contributed by atoms with Gasteiger partial charge < -0.3 is 10.2 Å². The van der Waals surface area contributed by atoms with E-state index in [-0.39, 0.29) is 36.0 Å². The van der Waals surface area contributed by atoms with Crippen LogP contribution in [0, 0.1) is 39.9 Å². The van der Waals surface area contributed by atoms with Gasteiger partial charge in [0, 0.05) is 5.56 Å². The zero-order valence-electron chi connectivity index (χ0n) is 31.6. The Hall–Kier alpha value is -3.80. The molecule has 2 bridgehead atoms. The maximum absolute atomic E-state index is 15.7. The number of fused-ring (bicyclic) bond motifs is 2. The Morgan fingerprint density at radius 3 is 1.96 bits per heavy atom. The van der Waals surface area contributed by atoms with E-state index in [0.29, 0.717) is 19.3 Å². The Bertz CT molecular complexity index is 1630. The molecular weight excluding hydrogens is 612 g/mol. The molecule has 2 aliphatic rings. The summed E-state index contributed by atoms with van der Waals surface area (Å²) in [5, 5.41) is 20.3. The summed E-state index contributed by atoms with van der Waals surface area (Å²) in [7, 11) is 0. The fourth-order valence-corrected chi connectivity index (χ4v) is 8.17. The highest BCUT2D eigenvalue weighted by Gasteiger charge is 2.76. The number of benzene rings is 1. The molecule has 49 heavy (non-hydrogen) atoms. The van der Waals surface area contributed by atoms with Gasteiger partial charge in [-0.25, -0.2) is 0 Å². The molecule has 2 fully saturated rings. The summed E-state index contributed by atoms with van der Waals surface area (Å²) in [5.41, 5.74) is 0.760. The minimum Gasteiger partial charge on any atom is -0.504 e. The summed E-state index contributed by atoms with van der Waals surface area (Å²) >= 11 is 0. The molecule has 0 saturated heterocycles. The van der Waals surface area contributed by atoms with E-state index in [4.69, 9.17) is 0 Å². The summed E-state index contributed by atoms with van der Waals surface area (Å²) in [4.78, 5) is 60.8. The van der Waals surface area contributed by atoms with E-state index in [1.165, 1.54) is 12.1 Å². The second-order valence-electron chi connectivity index (χ2n) is 16.2. The first-order valence-corrected chi connectivity index (χ1v) is 17.5. The molecule has 1 aromatic rings. The summed E-state index contributed by atoms with van der Waals surface area (Å²) in [5.74, 6) is -6.04. The SMILES string of the molecule is C=C(C)C(CC=C(C)C)CC(C=C(C)C)[C@]12C[C@H](CC=C(C)C)C(C)(C)[C@](CC=C(C)C)(C(=O)C(C(=O)c3ccc(O)c(O)c3)C1=O)C2=O. The lowest BCUT2D eigenvalue weighted by atomic mass is 9.36. The summed E-state index contributed by atoms with van der Waals surface area (Å²) < 4.78 is 0. The van der Waals surface area contributed by atoms with Gasteiger partial charge in [-0.3, -0.25) is 19.2 Å². The molecule has 0 amide bonds. The zero-order valence-corrected chi connectivity index (χ0v) is 31.6. The molecule has 6 atom stereocenters. The zero-order chi connectivity index (χ0) is 37.2. The second-order valence-corrected chi connectivity index (χ2v) is 16.2. The van der Waals surface area contributed by atoms with Crippen molar-refractivity contribution in [2.45, 2.75) is 108 Å². The molecule has 6 heteroatoms. The normalized spacial score (nSPS) is 25.5. The fraction of sp³-hybridized carbons (Fsp3) is 0.535. The van der Waals surface area contributed by atoms with Gasteiger partial charge >= 0.3 is 0 Å². The van der Waals surface area contributed by atoms with Crippen molar-refractivity contribution in [1.82, 2.24) is 0 Å². The molecule has 0 heterocycles. The Balaban J connectivity index is 2.50. The van der Waals surface area contributed by atoms with E-state index in [0.717, 1.165) is 33.9 Å². The number of ketones is 4. The highest BCUT2D eigenvalue weighted by Crippen LogP contribution is 2.67. The van der Waals surface area contributed by atoms with Crippen molar-refractivity contribution in [3.63, 3.8) is 0 Å². The average Bonchev–Trinajstić information content (AvgIpc) is 2.98. The Labute approximate surface area is 294 Å². The maximum Gasteiger partial charge on any atom is 0.181 e. The third-order valence-corrected chi connectivity index (χ3v) is 11.2. The minimum absolute atomic E-state index is 0.0512. The highest BCUT2D eigenvalue weighted by atomic mass is 16.3. The fourth-order valence-electron chi connectivity index (χ4n) is 8.17. The van der Waals surface area contributed by atoms with Crippen molar-refractivity contribution in [2.75, 3.05) is 0 Å². The molecule has 0 radical (unpaired) electrons. The van der Waals surface area contributed by atoms with Crippen LogP contribution in [0.4, 0.5) is 0 Å². The second kappa shape index (κ2) is 15.0. The van der Waals surface area contributed by atoms with Gasteiger partial charge in [-0.2, -0.15) is 0 Å². The van der Waals surface area contributed by atoms with Crippen LogP contribution < -0.4 is 0 Å². The van der Waals surface area contributed by atoms with E-state index >= 15 is 14.4 Å². The first kappa shape index (κ1) is 39.6. The van der Waals surface area contributed by atoms with E-state index < -0.39 is 56.9 Å². The van der Waals surface area contributed by atoms with E-state index in [2.05, 4.69) is 18.7 Å². The van der Waals surface area contributed by atoms with Crippen LogP contribution in [0.1, 0.15) is 119 Å². The molecule has 266 valence electrons. The van der Waals surface area contributed by atoms with Crippen LogP contribution in [-0.4, -0.2) is 33.3 Å². The maximum atomic E-state index is 15.7. The quantitative estimate of drug-likeness (QED) is 0.0936. The van der Waals surface area contributed by atoms with E-state index in [1.54, 1.807) is 0 Å². The van der Waals surface area contributed by atoms with Crippen LogP contribution in [0.2, 0.25) is 0 Å². The van der Waals surface area contributed by atoms with Crippen molar-refractivity contribution < 1.29 is 29.4 Å².